The molecule has 1 aromatic carbocycles. The van der Waals surface area contributed by atoms with Crippen molar-refractivity contribution in [3.63, 3.8) is 0 Å². The van der Waals surface area contributed by atoms with Gasteiger partial charge in [-0.25, -0.2) is 0 Å². The standard InChI is InChI=1S/C15H25NO3/c1-4-19-14-9-11(6-8-12(14)17)15(16)13(18)7-5-10(2)3/h6,8-10,13,15,17-18H,4-5,7,16H2,1-3H3/t13-,15+/m0/s1. The highest BCUT2D eigenvalue weighted by Gasteiger charge is 2.18. The predicted molar refractivity (Wildman–Crippen MR) is 76.3 cm³/mol. The highest BCUT2D eigenvalue weighted by Crippen LogP contribution is 2.30. The van der Waals surface area contributed by atoms with Crippen LogP contribution in [0.4, 0.5) is 0 Å². The number of hydrogen-bond acceptors (Lipinski definition) is 4. The summed E-state index contributed by atoms with van der Waals surface area (Å²) in [6.07, 6.45) is 1.02. The summed E-state index contributed by atoms with van der Waals surface area (Å²) in [5.74, 6) is 1.04. The number of aliphatic hydroxyl groups excluding tert-OH is 1. The summed E-state index contributed by atoms with van der Waals surface area (Å²) in [6.45, 7) is 6.56. The summed E-state index contributed by atoms with van der Waals surface area (Å²) in [5.41, 5.74) is 6.83. The van der Waals surface area contributed by atoms with Gasteiger partial charge in [-0.3, -0.25) is 0 Å². The summed E-state index contributed by atoms with van der Waals surface area (Å²) >= 11 is 0. The Hall–Kier alpha value is -1.26. The first kappa shape index (κ1) is 15.8. The molecule has 4 N–H and O–H groups in total. The first-order valence-electron chi connectivity index (χ1n) is 6.85. The molecule has 2 atom stereocenters. The SMILES string of the molecule is CCOc1cc([C@@H](N)[C@@H](O)CCC(C)C)ccc1O. The third-order valence-electron chi connectivity index (χ3n) is 3.12. The number of nitrogens with two attached hydrogens (primary N) is 1. The van der Waals surface area contributed by atoms with Gasteiger partial charge in [0.05, 0.1) is 18.8 Å². The molecule has 4 heteroatoms. The second kappa shape index (κ2) is 7.36. The zero-order chi connectivity index (χ0) is 14.4. The predicted octanol–water partition coefficient (Wildman–Crippen LogP) is 2.59. The van der Waals surface area contributed by atoms with E-state index >= 15 is 0 Å². The minimum absolute atomic E-state index is 0.0921. The van der Waals surface area contributed by atoms with Gasteiger partial charge in [-0.05, 0) is 43.4 Å². The van der Waals surface area contributed by atoms with Gasteiger partial charge < -0.3 is 20.7 Å². The zero-order valence-electron chi connectivity index (χ0n) is 12.0. The van der Waals surface area contributed by atoms with E-state index in [1.807, 2.05) is 6.92 Å². The van der Waals surface area contributed by atoms with Crippen molar-refractivity contribution in [2.75, 3.05) is 6.61 Å². The van der Waals surface area contributed by atoms with Gasteiger partial charge in [-0.1, -0.05) is 19.9 Å². The quantitative estimate of drug-likeness (QED) is 0.709. The van der Waals surface area contributed by atoms with E-state index in [0.29, 0.717) is 24.7 Å². The van der Waals surface area contributed by atoms with E-state index in [-0.39, 0.29) is 5.75 Å². The van der Waals surface area contributed by atoms with Crippen LogP contribution in [0.15, 0.2) is 18.2 Å². The molecular formula is C15H25NO3. The molecule has 0 aliphatic carbocycles. The Balaban J connectivity index is 2.75. The monoisotopic (exact) mass is 267 g/mol. The lowest BCUT2D eigenvalue weighted by Gasteiger charge is -2.21. The highest BCUT2D eigenvalue weighted by molar-refractivity contribution is 5.42. The molecule has 0 saturated carbocycles. The van der Waals surface area contributed by atoms with E-state index in [1.54, 1.807) is 18.2 Å². The van der Waals surface area contributed by atoms with Crippen molar-refractivity contribution >= 4 is 0 Å². The van der Waals surface area contributed by atoms with Gasteiger partial charge in [-0.2, -0.15) is 0 Å². The van der Waals surface area contributed by atoms with Gasteiger partial charge >= 0.3 is 0 Å². The third kappa shape index (κ3) is 4.73. The zero-order valence-corrected chi connectivity index (χ0v) is 12.0. The van der Waals surface area contributed by atoms with E-state index in [9.17, 15) is 10.2 Å². The van der Waals surface area contributed by atoms with E-state index in [4.69, 9.17) is 10.5 Å². The maximum Gasteiger partial charge on any atom is 0.161 e. The minimum atomic E-state index is -0.582. The molecule has 0 aromatic heterocycles. The number of ether oxygens (including phenoxy) is 1. The van der Waals surface area contributed by atoms with Crippen LogP contribution < -0.4 is 10.5 Å². The average molecular weight is 267 g/mol. The third-order valence-corrected chi connectivity index (χ3v) is 3.12. The number of rotatable bonds is 7. The Labute approximate surface area is 115 Å². The molecule has 1 aromatic rings. The molecule has 0 radical (unpaired) electrons. The number of phenolic OH excluding ortho intramolecular Hbond substituents is 1. The molecule has 0 heterocycles. The van der Waals surface area contributed by atoms with Crippen LogP contribution in [0.1, 0.15) is 45.2 Å². The topological polar surface area (TPSA) is 75.7 Å². The van der Waals surface area contributed by atoms with Gasteiger partial charge in [-0.15, -0.1) is 0 Å². The van der Waals surface area contributed by atoms with E-state index in [0.717, 1.165) is 12.0 Å². The van der Waals surface area contributed by atoms with E-state index < -0.39 is 12.1 Å². The Morgan fingerprint density at radius 3 is 2.53 bits per heavy atom. The molecule has 0 fully saturated rings. The van der Waals surface area contributed by atoms with Crippen LogP contribution in [0, 0.1) is 5.92 Å². The molecule has 108 valence electrons. The largest absolute Gasteiger partial charge is 0.504 e. The molecule has 19 heavy (non-hydrogen) atoms. The van der Waals surface area contributed by atoms with Crippen molar-refractivity contribution in [2.24, 2.45) is 11.7 Å². The van der Waals surface area contributed by atoms with Crippen LogP contribution in [0.2, 0.25) is 0 Å². The van der Waals surface area contributed by atoms with E-state index in [1.165, 1.54) is 0 Å². The van der Waals surface area contributed by atoms with Gasteiger partial charge in [0, 0.05) is 0 Å². The molecule has 0 saturated heterocycles. The number of hydrogen-bond donors (Lipinski definition) is 3. The number of aliphatic hydroxyl groups is 1. The highest BCUT2D eigenvalue weighted by atomic mass is 16.5. The average Bonchev–Trinajstić information content (AvgIpc) is 2.38. The van der Waals surface area contributed by atoms with Crippen LogP contribution >= 0.6 is 0 Å². The molecule has 0 bridgehead atoms. The summed E-state index contributed by atoms with van der Waals surface area (Å²) in [4.78, 5) is 0. The second-order valence-corrected chi connectivity index (χ2v) is 5.22. The first-order valence-corrected chi connectivity index (χ1v) is 6.85. The smallest absolute Gasteiger partial charge is 0.161 e. The molecule has 0 aliphatic rings. The molecule has 0 amide bonds. The Morgan fingerprint density at radius 2 is 1.95 bits per heavy atom. The van der Waals surface area contributed by atoms with Crippen molar-refractivity contribution in [2.45, 2.75) is 45.8 Å². The molecule has 0 unspecified atom stereocenters. The van der Waals surface area contributed by atoms with Gasteiger partial charge in [0.1, 0.15) is 0 Å². The fraction of sp³-hybridized carbons (Fsp3) is 0.600. The fourth-order valence-corrected chi connectivity index (χ4v) is 1.91. The summed E-state index contributed by atoms with van der Waals surface area (Å²) in [5, 5.41) is 19.7. The lowest BCUT2D eigenvalue weighted by Crippen LogP contribution is -2.26. The van der Waals surface area contributed by atoms with Gasteiger partial charge in [0.15, 0.2) is 11.5 Å². The summed E-state index contributed by atoms with van der Waals surface area (Å²) < 4.78 is 5.32. The van der Waals surface area contributed by atoms with Gasteiger partial charge in [0.25, 0.3) is 0 Å². The molecule has 0 aliphatic heterocycles. The van der Waals surface area contributed by atoms with Crippen LogP contribution in [0.3, 0.4) is 0 Å². The number of phenols is 1. The van der Waals surface area contributed by atoms with Crippen molar-refractivity contribution < 1.29 is 14.9 Å². The maximum absolute atomic E-state index is 10.1. The lowest BCUT2D eigenvalue weighted by molar-refractivity contribution is 0.128. The van der Waals surface area contributed by atoms with Crippen LogP contribution in [-0.2, 0) is 0 Å². The fourth-order valence-electron chi connectivity index (χ4n) is 1.91. The number of benzene rings is 1. The molecule has 1 rings (SSSR count). The molecule has 0 spiro atoms. The van der Waals surface area contributed by atoms with Crippen molar-refractivity contribution in [1.29, 1.82) is 0 Å². The summed E-state index contributed by atoms with van der Waals surface area (Å²) in [7, 11) is 0. The minimum Gasteiger partial charge on any atom is -0.504 e. The lowest BCUT2D eigenvalue weighted by atomic mass is 9.96. The van der Waals surface area contributed by atoms with Crippen LogP contribution in [0.25, 0.3) is 0 Å². The molecule has 4 nitrogen and oxygen atoms in total. The Bertz CT molecular complexity index is 393. The van der Waals surface area contributed by atoms with Crippen LogP contribution in [-0.4, -0.2) is 22.9 Å². The Morgan fingerprint density at radius 1 is 1.26 bits per heavy atom. The van der Waals surface area contributed by atoms with Gasteiger partial charge in [0.2, 0.25) is 0 Å². The summed E-state index contributed by atoms with van der Waals surface area (Å²) in [6, 6.07) is 4.51. The normalized spacial score (nSPS) is 14.4. The molecular weight excluding hydrogens is 242 g/mol. The maximum atomic E-state index is 10.1. The first-order chi connectivity index (χ1) is 8.95. The van der Waals surface area contributed by atoms with E-state index in [2.05, 4.69) is 13.8 Å². The van der Waals surface area contributed by atoms with Crippen molar-refractivity contribution in [3.8, 4) is 11.5 Å². The van der Waals surface area contributed by atoms with Crippen molar-refractivity contribution in [1.82, 2.24) is 0 Å². The number of aromatic hydroxyl groups is 1. The Kier molecular flexibility index (Phi) is 6.12. The van der Waals surface area contributed by atoms with Crippen LogP contribution in [0.5, 0.6) is 11.5 Å². The second-order valence-electron chi connectivity index (χ2n) is 5.22. The van der Waals surface area contributed by atoms with Crippen molar-refractivity contribution in [3.05, 3.63) is 23.8 Å².